The normalized spacial score (nSPS) is 21.5. The Morgan fingerprint density at radius 1 is 1.60 bits per heavy atom. The predicted molar refractivity (Wildman–Crippen MR) is 70.6 cm³/mol. The molecule has 108 valence electrons. The number of non-ortho nitro benzene ring substituents is 1. The van der Waals surface area contributed by atoms with Gasteiger partial charge in [0.25, 0.3) is 5.69 Å². The van der Waals surface area contributed by atoms with Gasteiger partial charge in [-0.3, -0.25) is 14.9 Å². The van der Waals surface area contributed by atoms with Gasteiger partial charge in [0.15, 0.2) is 0 Å². The lowest BCUT2D eigenvalue weighted by molar-refractivity contribution is -0.384. The van der Waals surface area contributed by atoms with E-state index in [1.54, 1.807) is 0 Å². The molecule has 0 aromatic heterocycles. The minimum absolute atomic E-state index is 0.121. The topological polar surface area (TPSA) is 117 Å². The number of nitro groups is 1. The molecule has 0 bridgehead atoms. The summed E-state index contributed by atoms with van der Waals surface area (Å²) in [5.74, 6) is -0.125. The van der Waals surface area contributed by atoms with E-state index >= 15 is 0 Å². The van der Waals surface area contributed by atoms with Crippen molar-refractivity contribution in [3.8, 4) is 5.75 Å². The fourth-order valence-electron chi connectivity index (χ4n) is 1.91. The van der Waals surface area contributed by atoms with Crippen LogP contribution in [-0.4, -0.2) is 36.7 Å². The third kappa shape index (κ3) is 2.70. The Balaban J connectivity index is 2.25. The highest BCUT2D eigenvalue weighted by molar-refractivity contribution is 5.99. The van der Waals surface area contributed by atoms with Gasteiger partial charge in [0.2, 0.25) is 5.91 Å². The minimum Gasteiger partial charge on any atom is -0.495 e. The summed E-state index contributed by atoms with van der Waals surface area (Å²) in [5.41, 5.74) is 4.88. The highest BCUT2D eigenvalue weighted by atomic mass is 16.6. The first-order valence-electron chi connectivity index (χ1n) is 5.97. The predicted octanol–water partition coefficient (Wildman–Crippen LogP) is 0.660. The summed E-state index contributed by atoms with van der Waals surface area (Å²) in [6.45, 7) is 0.534. The van der Waals surface area contributed by atoms with Crippen LogP contribution in [0.15, 0.2) is 18.2 Å². The molecule has 0 aliphatic carbocycles. The quantitative estimate of drug-likeness (QED) is 0.618. The van der Waals surface area contributed by atoms with Crippen LogP contribution in [0.3, 0.4) is 0 Å². The molecule has 3 N–H and O–H groups in total. The number of ether oxygens (including phenoxy) is 2. The van der Waals surface area contributed by atoms with Gasteiger partial charge < -0.3 is 20.5 Å². The van der Waals surface area contributed by atoms with Crippen molar-refractivity contribution in [1.82, 2.24) is 0 Å². The van der Waals surface area contributed by atoms with Crippen LogP contribution < -0.4 is 15.8 Å². The van der Waals surface area contributed by atoms with E-state index in [4.69, 9.17) is 15.2 Å². The average Bonchev–Trinajstić information content (AvgIpc) is 2.87. The molecule has 1 fully saturated rings. The minimum atomic E-state index is -1.12. The summed E-state index contributed by atoms with van der Waals surface area (Å²) < 4.78 is 10.2. The van der Waals surface area contributed by atoms with Crippen molar-refractivity contribution < 1.29 is 19.2 Å². The Labute approximate surface area is 115 Å². The van der Waals surface area contributed by atoms with Gasteiger partial charge in [-0.25, -0.2) is 0 Å². The Hall–Kier alpha value is -2.19. The van der Waals surface area contributed by atoms with Gasteiger partial charge in [-0.05, 0) is 12.5 Å². The number of amides is 1. The van der Waals surface area contributed by atoms with Gasteiger partial charge in [0.05, 0.1) is 24.3 Å². The third-order valence-corrected chi connectivity index (χ3v) is 3.15. The van der Waals surface area contributed by atoms with Crippen molar-refractivity contribution in [2.75, 3.05) is 25.6 Å². The van der Waals surface area contributed by atoms with Crippen LogP contribution in [0.4, 0.5) is 11.4 Å². The number of hydrogen-bond acceptors (Lipinski definition) is 6. The van der Waals surface area contributed by atoms with Gasteiger partial charge in [0, 0.05) is 18.7 Å². The summed E-state index contributed by atoms with van der Waals surface area (Å²) in [6.07, 6.45) is 0.399. The number of nitrogens with two attached hydrogens (primary N) is 1. The Bertz CT molecular complexity index is 540. The number of benzene rings is 1. The fraction of sp³-hybridized carbons (Fsp3) is 0.417. The van der Waals surface area contributed by atoms with Crippen LogP contribution in [0.25, 0.3) is 0 Å². The zero-order valence-electron chi connectivity index (χ0n) is 10.9. The SMILES string of the molecule is COc1ccc([N+](=O)[O-])cc1NC(=O)C1(N)CCOC1. The number of nitrogens with one attached hydrogen (secondary N) is 1. The third-order valence-electron chi connectivity index (χ3n) is 3.15. The maximum atomic E-state index is 12.1. The van der Waals surface area contributed by atoms with Crippen molar-refractivity contribution in [2.24, 2.45) is 5.73 Å². The molecule has 2 rings (SSSR count). The van der Waals surface area contributed by atoms with Gasteiger partial charge in [-0.2, -0.15) is 0 Å². The number of nitrogens with zero attached hydrogens (tertiary/aromatic N) is 1. The largest absolute Gasteiger partial charge is 0.495 e. The molecular formula is C12H15N3O5. The number of rotatable bonds is 4. The summed E-state index contributed by atoms with van der Waals surface area (Å²) in [7, 11) is 1.41. The molecule has 8 nitrogen and oxygen atoms in total. The van der Waals surface area contributed by atoms with Crippen LogP contribution in [-0.2, 0) is 9.53 Å². The van der Waals surface area contributed by atoms with Gasteiger partial charge in [0.1, 0.15) is 11.3 Å². The number of anilines is 1. The van der Waals surface area contributed by atoms with E-state index in [2.05, 4.69) is 5.32 Å². The van der Waals surface area contributed by atoms with E-state index in [-0.39, 0.29) is 18.0 Å². The monoisotopic (exact) mass is 281 g/mol. The molecule has 1 aromatic carbocycles. The number of carbonyl (C=O) groups is 1. The van der Waals surface area contributed by atoms with Gasteiger partial charge >= 0.3 is 0 Å². The highest BCUT2D eigenvalue weighted by Gasteiger charge is 2.38. The summed E-state index contributed by atoms with van der Waals surface area (Å²) in [5, 5.41) is 13.3. The van der Waals surface area contributed by atoms with Gasteiger partial charge in [-0.1, -0.05) is 0 Å². The lowest BCUT2D eigenvalue weighted by Gasteiger charge is -2.21. The van der Waals surface area contributed by atoms with Crippen molar-refractivity contribution in [3.63, 3.8) is 0 Å². The smallest absolute Gasteiger partial charge is 0.271 e. The van der Waals surface area contributed by atoms with Crippen LogP contribution in [0.1, 0.15) is 6.42 Å². The van der Waals surface area contributed by atoms with E-state index in [1.807, 2.05) is 0 Å². The van der Waals surface area contributed by atoms with E-state index in [0.717, 1.165) is 0 Å². The first kappa shape index (κ1) is 14.2. The molecule has 0 saturated carbocycles. The number of methoxy groups -OCH3 is 1. The summed E-state index contributed by atoms with van der Waals surface area (Å²) in [6, 6.07) is 3.95. The number of hydrogen-bond donors (Lipinski definition) is 2. The van der Waals surface area contributed by atoms with Crippen molar-refractivity contribution in [2.45, 2.75) is 12.0 Å². The number of carbonyl (C=O) groups excluding carboxylic acids is 1. The molecule has 1 aliphatic rings. The second kappa shape index (κ2) is 5.43. The first-order chi connectivity index (χ1) is 9.46. The fourth-order valence-corrected chi connectivity index (χ4v) is 1.91. The molecular weight excluding hydrogens is 266 g/mol. The van der Waals surface area contributed by atoms with E-state index in [9.17, 15) is 14.9 Å². The summed E-state index contributed by atoms with van der Waals surface area (Å²) >= 11 is 0. The van der Waals surface area contributed by atoms with Crippen LogP contribution in [0.2, 0.25) is 0 Å². The molecule has 8 heteroatoms. The first-order valence-corrected chi connectivity index (χ1v) is 5.97. The Morgan fingerprint density at radius 3 is 2.90 bits per heavy atom. The zero-order valence-corrected chi connectivity index (χ0v) is 10.9. The van der Waals surface area contributed by atoms with Crippen molar-refractivity contribution >= 4 is 17.3 Å². The molecule has 1 amide bonds. The van der Waals surface area contributed by atoms with Crippen LogP contribution in [0, 0.1) is 10.1 Å². The highest BCUT2D eigenvalue weighted by Crippen LogP contribution is 2.30. The molecule has 1 saturated heterocycles. The van der Waals surface area contributed by atoms with E-state index < -0.39 is 16.4 Å². The molecule has 20 heavy (non-hydrogen) atoms. The average molecular weight is 281 g/mol. The van der Waals surface area contributed by atoms with Gasteiger partial charge in [-0.15, -0.1) is 0 Å². The molecule has 0 spiro atoms. The number of nitro benzene ring substituents is 1. The van der Waals surface area contributed by atoms with E-state index in [0.29, 0.717) is 18.8 Å². The lowest BCUT2D eigenvalue weighted by atomic mass is 9.99. The molecule has 1 atom stereocenters. The molecule has 1 aliphatic heterocycles. The lowest BCUT2D eigenvalue weighted by Crippen LogP contribution is -2.51. The standard InChI is InChI=1S/C12H15N3O5/c1-19-10-3-2-8(15(17)18)6-9(10)14-11(16)12(13)4-5-20-7-12/h2-3,6H,4-5,7,13H2,1H3,(H,14,16). The van der Waals surface area contributed by atoms with E-state index in [1.165, 1.54) is 25.3 Å². The molecule has 0 radical (unpaired) electrons. The Morgan fingerprint density at radius 2 is 2.35 bits per heavy atom. The summed E-state index contributed by atoms with van der Waals surface area (Å²) in [4.78, 5) is 22.4. The zero-order chi connectivity index (χ0) is 14.8. The second-order valence-corrected chi connectivity index (χ2v) is 4.55. The molecule has 1 aromatic rings. The molecule has 1 unspecified atom stereocenters. The van der Waals surface area contributed by atoms with Crippen LogP contribution in [0.5, 0.6) is 5.75 Å². The van der Waals surface area contributed by atoms with Crippen molar-refractivity contribution in [1.29, 1.82) is 0 Å². The maximum Gasteiger partial charge on any atom is 0.271 e. The Kier molecular flexibility index (Phi) is 3.86. The second-order valence-electron chi connectivity index (χ2n) is 4.55. The van der Waals surface area contributed by atoms with Crippen molar-refractivity contribution in [3.05, 3.63) is 28.3 Å². The van der Waals surface area contributed by atoms with Crippen LogP contribution >= 0.6 is 0 Å². The molecule has 1 heterocycles. The maximum absolute atomic E-state index is 12.1.